The lowest BCUT2D eigenvalue weighted by Gasteiger charge is -2.32. The molecule has 1 saturated heterocycles. The topological polar surface area (TPSA) is 60.5 Å². The summed E-state index contributed by atoms with van der Waals surface area (Å²) in [4.78, 5) is 16.5. The number of nitrogens with one attached hydrogen (secondary N) is 1. The maximum absolute atomic E-state index is 12.3. The van der Waals surface area contributed by atoms with Gasteiger partial charge in [0.05, 0.1) is 11.2 Å². The molecule has 0 unspecified atom stereocenters. The normalized spacial score (nSPS) is 19.9. The van der Waals surface area contributed by atoms with Crippen LogP contribution < -0.4 is 10.8 Å². The first kappa shape index (κ1) is 16.0. The van der Waals surface area contributed by atoms with E-state index in [0.717, 1.165) is 0 Å². The molecule has 2 heterocycles. The van der Waals surface area contributed by atoms with Crippen molar-refractivity contribution in [3.63, 3.8) is 0 Å². The summed E-state index contributed by atoms with van der Waals surface area (Å²) in [7, 11) is -0.586. The van der Waals surface area contributed by atoms with Gasteiger partial charge in [0.2, 0.25) is 0 Å². The Bertz CT molecular complexity index is 527. The SMILES string of the molecule is CC(C)NC(=O)c1ncccc1B1OC(C)(C)C(C)(C)O1. The Labute approximate surface area is 126 Å². The lowest BCUT2D eigenvalue weighted by molar-refractivity contribution is 0.00578. The van der Waals surface area contributed by atoms with Gasteiger partial charge in [-0.3, -0.25) is 9.78 Å². The highest BCUT2D eigenvalue weighted by Crippen LogP contribution is 2.36. The van der Waals surface area contributed by atoms with E-state index in [2.05, 4.69) is 10.3 Å². The van der Waals surface area contributed by atoms with Crippen LogP contribution in [-0.2, 0) is 9.31 Å². The van der Waals surface area contributed by atoms with Crippen molar-refractivity contribution in [2.45, 2.75) is 58.8 Å². The van der Waals surface area contributed by atoms with E-state index in [1.165, 1.54) is 0 Å². The lowest BCUT2D eigenvalue weighted by Crippen LogP contribution is -2.42. The van der Waals surface area contributed by atoms with E-state index in [9.17, 15) is 4.79 Å². The van der Waals surface area contributed by atoms with Gasteiger partial charge in [-0.05, 0) is 47.6 Å². The van der Waals surface area contributed by atoms with Crippen LogP contribution in [0.3, 0.4) is 0 Å². The Morgan fingerprint density at radius 2 is 1.81 bits per heavy atom. The molecule has 1 aliphatic heterocycles. The van der Waals surface area contributed by atoms with Crippen LogP contribution in [0.2, 0.25) is 0 Å². The van der Waals surface area contributed by atoms with Crippen molar-refractivity contribution >= 4 is 18.5 Å². The van der Waals surface area contributed by atoms with E-state index in [4.69, 9.17) is 9.31 Å². The van der Waals surface area contributed by atoms with Gasteiger partial charge in [-0.2, -0.15) is 0 Å². The zero-order valence-corrected chi connectivity index (χ0v) is 13.6. The third-order valence-corrected chi connectivity index (χ3v) is 3.98. The van der Waals surface area contributed by atoms with Crippen LogP contribution in [-0.4, -0.2) is 35.3 Å². The number of aromatic nitrogens is 1. The zero-order chi connectivity index (χ0) is 15.8. The number of hydrogen-bond donors (Lipinski definition) is 1. The molecule has 0 aromatic carbocycles. The minimum atomic E-state index is -0.586. The van der Waals surface area contributed by atoms with Gasteiger partial charge < -0.3 is 14.6 Å². The highest BCUT2D eigenvalue weighted by Gasteiger charge is 2.52. The average Bonchev–Trinajstić information content (AvgIpc) is 2.57. The van der Waals surface area contributed by atoms with Crippen LogP contribution in [0.5, 0.6) is 0 Å². The fourth-order valence-electron chi connectivity index (χ4n) is 2.10. The number of carbonyl (C=O) groups excluding carboxylic acids is 1. The highest BCUT2D eigenvalue weighted by atomic mass is 16.7. The van der Waals surface area contributed by atoms with Crippen molar-refractivity contribution in [2.75, 3.05) is 0 Å². The van der Waals surface area contributed by atoms with Crippen LogP contribution in [0.1, 0.15) is 52.0 Å². The van der Waals surface area contributed by atoms with Gasteiger partial charge in [-0.25, -0.2) is 0 Å². The van der Waals surface area contributed by atoms with Gasteiger partial charge in [0, 0.05) is 17.7 Å². The molecule has 0 bridgehead atoms. The molecule has 114 valence electrons. The third-order valence-electron chi connectivity index (χ3n) is 3.98. The van der Waals surface area contributed by atoms with Crippen molar-refractivity contribution in [2.24, 2.45) is 0 Å². The quantitative estimate of drug-likeness (QED) is 0.857. The van der Waals surface area contributed by atoms with E-state index in [-0.39, 0.29) is 11.9 Å². The highest BCUT2D eigenvalue weighted by molar-refractivity contribution is 6.63. The van der Waals surface area contributed by atoms with E-state index in [1.807, 2.05) is 47.6 Å². The Kier molecular flexibility index (Phi) is 4.13. The molecule has 1 fully saturated rings. The first-order valence-electron chi connectivity index (χ1n) is 7.25. The molecule has 5 nitrogen and oxygen atoms in total. The molecule has 2 rings (SSSR count). The molecule has 21 heavy (non-hydrogen) atoms. The summed E-state index contributed by atoms with van der Waals surface area (Å²) in [6, 6.07) is 3.65. The van der Waals surface area contributed by atoms with Crippen LogP contribution in [0.15, 0.2) is 18.3 Å². The largest absolute Gasteiger partial charge is 0.497 e. The van der Waals surface area contributed by atoms with E-state index in [1.54, 1.807) is 12.3 Å². The minimum Gasteiger partial charge on any atom is -0.399 e. The van der Waals surface area contributed by atoms with Crippen LogP contribution >= 0.6 is 0 Å². The van der Waals surface area contributed by atoms with Crippen molar-refractivity contribution < 1.29 is 14.1 Å². The molecule has 0 spiro atoms. The molecule has 0 aliphatic carbocycles. The summed E-state index contributed by atoms with van der Waals surface area (Å²) in [5, 5.41) is 2.85. The molecule has 0 atom stereocenters. The Hall–Kier alpha value is -1.40. The van der Waals surface area contributed by atoms with E-state index < -0.39 is 18.3 Å². The second-order valence-corrected chi connectivity index (χ2v) is 6.66. The second kappa shape index (κ2) is 5.42. The maximum Gasteiger partial charge on any atom is 0.497 e. The van der Waals surface area contributed by atoms with Gasteiger partial charge in [0.25, 0.3) is 5.91 Å². The molecule has 6 heteroatoms. The molecular weight excluding hydrogens is 267 g/mol. The molecular formula is C15H23BN2O3. The summed E-state index contributed by atoms with van der Waals surface area (Å²) in [5.41, 5.74) is 0.123. The van der Waals surface area contributed by atoms with Gasteiger partial charge in [0.15, 0.2) is 0 Å². The second-order valence-electron chi connectivity index (χ2n) is 6.66. The number of pyridine rings is 1. The zero-order valence-electron chi connectivity index (χ0n) is 13.6. The fraction of sp³-hybridized carbons (Fsp3) is 0.600. The summed E-state index contributed by atoms with van der Waals surface area (Å²) in [6.07, 6.45) is 1.60. The van der Waals surface area contributed by atoms with Crippen LogP contribution in [0.25, 0.3) is 0 Å². The molecule has 1 amide bonds. The van der Waals surface area contributed by atoms with Crippen molar-refractivity contribution in [1.29, 1.82) is 0 Å². The standard InChI is InChI=1S/C15H23BN2O3/c1-10(2)18-13(19)12-11(8-7-9-17-12)16-20-14(3,4)15(5,6)21-16/h7-10H,1-6H3,(H,18,19). The molecule has 1 aromatic heterocycles. The summed E-state index contributed by atoms with van der Waals surface area (Å²) in [6.45, 7) is 11.8. The summed E-state index contributed by atoms with van der Waals surface area (Å²) in [5.74, 6) is -0.213. The Morgan fingerprint density at radius 1 is 1.24 bits per heavy atom. The third kappa shape index (κ3) is 3.11. The molecule has 0 radical (unpaired) electrons. The van der Waals surface area contributed by atoms with E-state index in [0.29, 0.717) is 11.2 Å². The van der Waals surface area contributed by atoms with Gasteiger partial charge >= 0.3 is 7.12 Å². The summed E-state index contributed by atoms with van der Waals surface area (Å²) < 4.78 is 12.0. The number of carbonyl (C=O) groups is 1. The van der Waals surface area contributed by atoms with E-state index >= 15 is 0 Å². The van der Waals surface area contributed by atoms with Gasteiger partial charge in [-0.15, -0.1) is 0 Å². The van der Waals surface area contributed by atoms with Crippen molar-refractivity contribution in [3.8, 4) is 0 Å². The molecule has 1 N–H and O–H groups in total. The Balaban J connectivity index is 2.32. The maximum atomic E-state index is 12.3. The van der Waals surface area contributed by atoms with Gasteiger partial charge in [-0.1, -0.05) is 6.07 Å². The van der Waals surface area contributed by atoms with Crippen LogP contribution in [0.4, 0.5) is 0 Å². The number of amides is 1. The minimum absolute atomic E-state index is 0.0469. The molecule has 1 aromatic rings. The lowest BCUT2D eigenvalue weighted by atomic mass is 9.77. The Morgan fingerprint density at radius 3 is 2.33 bits per heavy atom. The van der Waals surface area contributed by atoms with Crippen LogP contribution in [0, 0.1) is 0 Å². The van der Waals surface area contributed by atoms with Crippen molar-refractivity contribution in [3.05, 3.63) is 24.0 Å². The van der Waals surface area contributed by atoms with Crippen molar-refractivity contribution in [1.82, 2.24) is 10.3 Å². The fourth-order valence-corrected chi connectivity index (χ4v) is 2.10. The smallest absolute Gasteiger partial charge is 0.399 e. The molecule has 1 aliphatic rings. The van der Waals surface area contributed by atoms with Gasteiger partial charge in [0.1, 0.15) is 5.69 Å². The predicted octanol–water partition coefficient (Wildman–Crippen LogP) is 1.52. The summed E-state index contributed by atoms with van der Waals surface area (Å²) >= 11 is 0. The number of nitrogens with zero attached hydrogens (tertiary/aromatic N) is 1. The first-order valence-corrected chi connectivity index (χ1v) is 7.25. The first-order chi connectivity index (χ1) is 9.64. The monoisotopic (exact) mass is 290 g/mol. The predicted molar refractivity (Wildman–Crippen MR) is 82.6 cm³/mol. The number of rotatable bonds is 3. The average molecular weight is 290 g/mol. The number of hydrogen-bond acceptors (Lipinski definition) is 4. The molecule has 0 saturated carbocycles.